The molecule has 0 aliphatic rings. The lowest BCUT2D eigenvalue weighted by molar-refractivity contribution is 0.881. The third-order valence-electron chi connectivity index (χ3n) is 4.02. The Bertz CT molecular complexity index is 1040. The first kappa shape index (κ1) is 15.1. The fourth-order valence-electron chi connectivity index (χ4n) is 2.80. The second-order valence-corrected chi connectivity index (χ2v) is 5.87. The zero-order valence-electron chi connectivity index (χ0n) is 13.6. The SMILES string of the molecule is C(#Cc1ccc2ccc(Cc3ccccc3)cc2c1)Cc1nn[nH]n1. The van der Waals surface area contributed by atoms with Crippen molar-refractivity contribution in [3.8, 4) is 11.8 Å². The second-order valence-electron chi connectivity index (χ2n) is 5.87. The van der Waals surface area contributed by atoms with Crippen LogP contribution in [0.1, 0.15) is 22.5 Å². The van der Waals surface area contributed by atoms with Gasteiger partial charge in [-0.05, 0) is 40.5 Å². The molecule has 25 heavy (non-hydrogen) atoms. The van der Waals surface area contributed by atoms with Crippen LogP contribution in [0.25, 0.3) is 10.8 Å². The van der Waals surface area contributed by atoms with Crippen LogP contribution in [-0.2, 0) is 12.8 Å². The first-order valence-electron chi connectivity index (χ1n) is 8.15. The lowest BCUT2D eigenvalue weighted by atomic mass is 10.00. The number of fused-ring (bicyclic) bond motifs is 1. The van der Waals surface area contributed by atoms with Crippen LogP contribution < -0.4 is 0 Å². The molecule has 4 aromatic rings. The molecule has 0 saturated heterocycles. The summed E-state index contributed by atoms with van der Waals surface area (Å²) in [4.78, 5) is 0. The summed E-state index contributed by atoms with van der Waals surface area (Å²) >= 11 is 0. The van der Waals surface area contributed by atoms with Gasteiger partial charge in [-0.3, -0.25) is 0 Å². The average Bonchev–Trinajstić information content (AvgIpc) is 3.16. The van der Waals surface area contributed by atoms with E-state index in [1.165, 1.54) is 21.9 Å². The molecule has 4 nitrogen and oxygen atoms in total. The average molecular weight is 324 g/mol. The van der Waals surface area contributed by atoms with E-state index >= 15 is 0 Å². The van der Waals surface area contributed by atoms with Gasteiger partial charge in [-0.15, -0.1) is 10.2 Å². The number of hydrogen-bond donors (Lipinski definition) is 1. The van der Waals surface area contributed by atoms with Gasteiger partial charge in [0, 0.05) is 5.56 Å². The molecular formula is C21H16N4. The Hall–Kier alpha value is -3.45. The van der Waals surface area contributed by atoms with Crippen LogP contribution in [0.5, 0.6) is 0 Å². The van der Waals surface area contributed by atoms with Crippen molar-refractivity contribution in [1.29, 1.82) is 0 Å². The summed E-state index contributed by atoms with van der Waals surface area (Å²) in [7, 11) is 0. The number of H-pyrrole nitrogens is 1. The molecule has 0 aliphatic carbocycles. The fourth-order valence-corrected chi connectivity index (χ4v) is 2.80. The third-order valence-corrected chi connectivity index (χ3v) is 4.02. The molecule has 0 saturated carbocycles. The van der Waals surface area contributed by atoms with Gasteiger partial charge < -0.3 is 0 Å². The number of hydrogen-bond acceptors (Lipinski definition) is 3. The topological polar surface area (TPSA) is 54.5 Å². The monoisotopic (exact) mass is 324 g/mol. The predicted molar refractivity (Wildman–Crippen MR) is 98.0 cm³/mol. The van der Waals surface area contributed by atoms with Gasteiger partial charge >= 0.3 is 0 Å². The van der Waals surface area contributed by atoms with Gasteiger partial charge in [0.2, 0.25) is 0 Å². The maximum atomic E-state index is 3.90. The van der Waals surface area contributed by atoms with E-state index in [0.29, 0.717) is 12.2 Å². The van der Waals surface area contributed by atoms with Crippen LogP contribution in [0.4, 0.5) is 0 Å². The maximum absolute atomic E-state index is 3.90. The summed E-state index contributed by atoms with van der Waals surface area (Å²) in [5.74, 6) is 6.87. The van der Waals surface area contributed by atoms with Crippen molar-refractivity contribution in [3.05, 3.63) is 89.2 Å². The van der Waals surface area contributed by atoms with Crippen LogP contribution in [-0.4, -0.2) is 20.6 Å². The van der Waals surface area contributed by atoms with Crippen molar-refractivity contribution in [2.24, 2.45) is 0 Å². The van der Waals surface area contributed by atoms with E-state index in [1.807, 2.05) is 12.1 Å². The molecule has 0 spiro atoms. The number of aromatic nitrogens is 4. The van der Waals surface area contributed by atoms with Crippen molar-refractivity contribution in [2.75, 3.05) is 0 Å². The van der Waals surface area contributed by atoms with E-state index in [4.69, 9.17) is 0 Å². The summed E-state index contributed by atoms with van der Waals surface area (Å²) in [5.41, 5.74) is 3.61. The maximum Gasteiger partial charge on any atom is 0.186 e. The highest BCUT2D eigenvalue weighted by molar-refractivity contribution is 5.84. The largest absolute Gasteiger partial charge is 0.186 e. The zero-order valence-corrected chi connectivity index (χ0v) is 13.6. The van der Waals surface area contributed by atoms with E-state index < -0.39 is 0 Å². The number of rotatable bonds is 3. The first-order chi connectivity index (χ1) is 12.4. The van der Waals surface area contributed by atoms with E-state index in [2.05, 4.69) is 87.1 Å². The van der Waals surface area contributed by atoms with Crippen molar-refractivity contribution in [3.63, 3.8) is 0 Å². The van der Waals surface area contributed by atoms with Gasteiger partial charge in [-0.2, -0.15) is 5.21 Å². The third kappa shape index (κ3) is 3.73. The summed E-state index contributed by atoms with van der Waals surface area (Å²) in [6.07, 6.45) is 1.42. The van der Waals surface area contributed by atoms with Gasteiger partial charge in [-0.25, -0.2) is 0 Å². The number of aromatic amines is 1. The van der Waals surface area contributed by atoms with Crippen LogP contribution in [0, 0.1) is 11.8 Å². The number of nitrogens with zero attached hydrogens (tertiary/aromatic N) is 3. The van der Waals surface area contributed by atoms with Gasteiger partial charge in [0.1, 0.15) is 0 Å². The van der Waals surface area contributed by atoms with Crippen molar-refractivity contribution < 1.29 is 0 Å². The van der Waals surface area contributed by atoms with Gasteiger partial charge in [0.05, 0.1) is 6.42 Å². The molecule has 1 N–H and O–H groups in total. The van der Waals surface area contributed by atoms with Crippen molar-refractivity contribution in [1.82, 2.24) is 20.6 Å². The standard InChI is InChI=1S/C21H16N4/c1-2-5-16(6-3-1)13-18-10-12-19-11-9-17(14-20(19)15-18)7-4-8-21-22-24-25-23-21/h1-3,5-6,9-12,14-15H,8,13H2,(H,22,23,24,25). The normalized spacial score (nSPS) is 10.4. The van der Waals surface area contributed by atoms with E-state index in [-0.39, 0.29) is 0 Å². The highest BCUT2D eigenvalue weighted by Gasteiger charge is 2.00. The zero-order chi connectivity index (χ0) is 16.9. The molecule has 3 aromatic carbocycles. The van der Waals surface area contributed by atoms with Crippen molar-refractivity contribution >= 4 is 10.8 Å². The van der Waals surface area contributed by atoms with E-state index in [0.717, 1.165) is 12.0 Å². The summed E-state index contributed by atoms with van der Waals surface area (Å²) in [5, 5.41) is 16.2. The molecule has 120 valence electrons. The number of tetrazole rings is 1. The Morgan fingerprint density at radius 2 is 1.72 bits per heavy atom. The Morgan fingerprint density at radius 1 is 0.840 bits per heavy atom. The minimum Gasteiger partial charge on any atom is -0.177 e. The summed E-state index contributed by atoms with van der Waals surface area (Å²) < 4.78 is 0. The number of benzene rings is 3. The predicted octanol–water partition coefficient (Wildman–Crippen LogP) is 3.54. The molecule has 0 amide bonds. The summed E-state index contributed by atoms with van der Waals surface area (Å²) in [6, 6.07) is 23.4. The van der Waals surface area contributed by atoms with Crippen LogP contribution >= 0.6 is 0 Å². The Balaban J connectivity index is 1.57. The van der Waals surface area contributed by atoms with Gasteiger partial charge in [-0.1, -0.05) is 71.7 Å². The van der Waals surface area contributed by atoms with Crippen LogP contribution in [0.2, 0.25) is 0 Å². The molecule has 0 radical (unpaired) electrons. The van der Waals surface area contributed by atoms with Crippen LogP contribution in [0.15, 0.2) is 66.7 Å². The smallest absolute Gasteiger partial charge is 0.177 e. The Labute approximate surface area is 145 Å². The molecule has 4 rings (SSSR count). The molecule has 1 heterocycles. The Morgan fingerprint density at radius 3 is 2.56 bits per heavy atom. The summed E-state index contributed by atoms with van der Waals surface area (Å²) in [6.45, 7) is 0. The number of nitrogens with one attached hydrogen (secondary N) is 1. The lowest BCUT2D eigenvalue weighted by Crippen LogP contribution is -1.88. The molecule has 4 heteroatoms. The first-order valence-corrected chi connectivity index (χ1v) is 8.15. The molecule has 0 atom stereocenters. The van der Waals surface area contributed by atoms with Crippen LogP contribution in [0.3, 0.4) is 0 Å². The molecule has 0 aliphatic heterocycles. The minimum absolute atomic E-state index is 0.489. The Kier molecular flexibility index (Phi) is 4.21. The van der Waals surface area contributed by atoms with Crippen molar-refractivity contribution in [2.45, 2.75) is 12.8 Å². The van der Waals surface area contributed by atoms with E-state index in [9.17, 15) is 0 Å². The molecule has 0 fully saturated rings. The highest BCUT2D eigenvalue weighted by Crippen LogP contribution is 2.19. The molecule has 0 bridgehead atoms. The van der Waals surface area contributed by atoms with E-state index in [1.54, 1.807) is 0 Å². The molecular weight excluding hydrogens is 308 g/mol. The quantitative estimate of drug-likeness (QED) is 0.587. The minimum atomic E-state index is 0.489. The second kappa shape index (κ2) is 6.98. The molecule has 0 unspecified atom stereocenters. The fraction of sp³-hybridized carbons (Fsp3) is 0.0952. The molecule has 1 aromatic heterocycles. The van der Waals surface area contributed by atoms with Gasteiger partial charge in [0.25, 0.3) is 0 Å². The highest BCUT2D eigenvalue weighted by atomic mass is 15.5. The lowest BCUT2D eigenvalue weighted by Gasteiger charge is -2.05. The van der Waals surface area contributed by atoms with Gasteiger partial charge in [0.15, 0.2) is 5.82 Å².